The van der Waals surface area contributed by atoms with Gasteiger partial charge in [0, 0.05) is 20.0 Å². The molecule has 32 heavy (non-hydrogen) atoms. The van der Waals surface area contributed by atoms with Gasteiger partial charge in [-0.05, 0) is 0 Å². The van der Waals surface area contributed by atoms with Crippen LogP contribution in [0.15, 0.2) is 0 Å². The molecule has 188 valence electrons. The number of hydrogen-bond acceptors (Lipinski definition) is 13. The summed E-state index contributed by atoms with van der Waals surface area (Å²) in [5, 5.41) is 34.1. The average Bonchev–Trinajstić information content (AvgIpc) is 2.70. The van der Waals surface area contributed by atoms with E-state index in [9.17, 15) is 28.5 Å². The summed E-state index contributed by atoms with van der Waals surface area (Å²) in [7, 11) is -1.36. The first-order valence-electron chi connectivity index (χ1n) is 9.74. The van der Waals surface area contributed by atoms with E-state index in [0.717, 1.165) is 6.26 Å². The van der Waals surface area contributed by atoms with Crippen LogP contribution in [0.3, 0.4) is 0 Å². The highest BCUT2D eigenvalue weighted by Gasteiger charge is 2.51. The van der Waals surface area contributed by atoms with E-state index in [1.807, 2.05) is 0 Å². The standard InChI is InChI=1S/C17H31NO13S/c1-7-11(20)13(22)17(30-15(7)31-26-4)29-14-10(18-8(2)19)16(25-3)28-9(12(14)21)6-27-32(5,23)24/h7,9-17,20-22H,6H2,1-5H3,(H,18,19). The van der Waals surface area contributed by atoms with Crippen molar-refractivity contribution in [2.75, 3.05) is 27.1 Å². The third kappa shape index (κ3) is 6.77. The monoisotopic (exact) mass is 489 g/mol. The first kappa shape index (κ1) is 27.3. The third-order valence-corrected chi connectivity index (χ3v) is 5.63. The molecule has 0 radical (unpaired) electrons. The van der Waals surface area contributed by atoms with Gasteiger partial charge >= 0.3 is 0 Å². The molecule has 2 saturated heterocycles. The molecule has 14 nitrogen and oxygen atoms in total. The minimum atomic E-state index is -3.85. The molecule has 0 aromatic rings. The number of carbonyl (C=O) groups is 1. The second-order valence-electron chi connectivity index (χ2n) is 7.56. The van der Waals surface area contributed by atoms with Gasteiger partial charge in [0.15, 0.2) is 18.9 Å². The maximum Gasteiger partial charge on any atom is 0.264 e. The molecule has 0 saturated carbocycles. The molecule has 2 fully saturated rings. The van der Waals surface area contributed by atoms with Crippen LogP contribution in [-0.2, 0) is 47.8 Å². The van der Waals surface area contributed by atoms with Gasteiger partial charge in [-0.3, -0.25) is 8.98 Å². The number of hydrogen-bond donors (Lipinski definition) is 4. The zero-order valence-electron chi connectivity index (χ0n) is 18.3. The van der Waals surface area contributed by atoms with E-state index in [0.29, 0.717) is 0 Å². The summed E-state index contributed by atoms with van der Waals surface area (Å²) in [5.74, 6) is -1.20. The fraction of sp³-hybridized carbons (Fsp3) is 0.941. The highest BCUT2D eigenvalue weighted by atomic mass is 32.2. The first-order chi connectivity index (χ1) is 14.9. The van der Waals surface area contributed by atoms with E-state index >= 15 is 0 Å². The van der Waals surface area contributed by atoms with Crippen molar-refractivity contribution >= 4 is 16.0 Å². The van der Waals surface area contributed by atoms with Crippen molar-refractivity contribution < 1.29 is 61.4 Å². The van der Waals surface area contributed by atoms with E-state index in [2.05, 4.69) is 10.2 Å². The Bertz CT molecular complexity index is 721. The highest BCUT2D eigenvalue weighted by molar-refractivity contribution is 7.85. The molecule has 0 aromatic carbocycles. The summed E-state index contributed by atoms with van der Waals surface area (Å²) in [4.78, 5) is 21.3. The van der Waals surface area contributed by atoms with Gasteiger partial charge in [0.05, 0.1) is 26.1 Å². The highest BCUT2D eigenvalue weighted by Crippen LogP contribution is 2.32. The van der Waals surface area contributed by atoms with Crippen LogP contribution in [0.4, 0.5) is 0 Å². The molecule has 2 aliphatic rings. The summed E-state index contributed by atoms with van der Waals surface area (Å²) >= 11 is 0. The van der Waals surface area contributed by atoms with Crippen LogP contribution in [0, 0.1) is 5.92 Å². The van der Waals surface area contributed by atoms with E-state index in [1.165, 1.54) is 21.1 Å². The minimum Gasteiger partial charge on any atom is -0.390 e. The number of aliphatic hydroxyl groups excluding tert-OH is 3. The first-order valence-corrected chi connectivity index (χ1v) is 11.6. The Hall–Kier alpha value is -0.980. The summed E-state index contributed by atoms with van der Waals surface area (Å²) in [5.41, 5.74) is 0. The zero-order valence-corrected chi connectivity index (χ0v) is 19.1. The molecular weight excluding hydrogens is 458 g/mol. The van der Waals surface area contributed by atoms with Gasteiger partial charge in [-0.25, -0.2) is 9.78 Å². The van der Waals surface area contributed by atoms with Gasteiger partial charge in [0.1, 0.15) is 30.5 Å². The van der Waals surface area contributed by atoms with Gasteiger partial charge in [0.2, 0.25) is 5.91 Å². The van der Waals surface area contributed by atoms with Gasteiger partial charge in [-0.1, -0.05) is 6.92 Å². The molecule has 0 spiro atoms. The smallest absolute Gasteiger partial charge is 0.264 e. The molecule has 0 aliphatic carbocycles. The second kappa shape index (κ2) is 11.4. The number of nitrogens with one attached hydrogen (secondary N) is 1. The van der Waals surface area contributed by atoms with E-state index in [1.54, 1.807) is 6.92 Å². The van der Waals surface area contributed by atoms with E-state index in [4.69, 9.17) is 28.0 Å². The number of methoxy groups -OCH3 is 1. The fourth-order valence-corrected chi connectivity index (χ4v) is 3.82. The van der Waals surface area contributed by atoms with Crippen molar-refractivity contribution in [1.82, 2.24) is 5.32 Å². The van der Waals surface area contributed by atoms with Gasteiger partial charge in [-0.15, -0.1) is 0 Å². The lowest BCUT2D eigenvalue weighted by molar-refractivity contribution is -0.437. The predicted molar refractivity (Wildman–Crippen MR) is 103 cm³/mol. The van der Waals surface area contributed by atoms with Gasteiger partial charge in [0.25, 0.3) is 10.1 Å². The Kier molecular flexibility index (Phi) is 9.74. The van der Waals surface area contributed by atoms with E-state index in [-0.39, 0.29) is 0 Å². The van der Waals surface area contributed by atoms with Crippen LogP contribution in [0.1, 0.15) is 13.8 Å². The normalized spacial score (nSPS) is 40.8. The molecule has 15 heteroatoms. The van der Waals surface area contributed by atoms with Crippen molar-refractivity contribution in [1.29, 1.82) is 0 Å². The molecule has 2 rings (SSSR count). The Labute approximate surface area is 185 Å². The number of amides is 1. The molecule has 0 bridgehead atoms. The lowest BCUT2D eigenvalue weighted by atomic mass is 9.94. The van der Waals surface area contributed by atoms with Gasteiger partial charge in [-0.2, -0.15) is 8.42 Å². The van der Waals surface area contributed by atoms with Crippen molar-refractivity contribution in [2.24, 2.45) is 5.92 Å². The number of rotatable bonds is 9. The van der Waals surface area contributed by atoms with Crippen molar-refractivity contribution in [3.8, 4) is 0 Å². The third-order valence-electron chi connectivity index (χ3n) is 5.07. The molecule has 4 N–H and O–H groups in total. The summed E-state index contributed by atoms with van der Waals surface area (Å²) in [6.07, 6.45) is -10.0. The fourth-order valence-electron chi connectivity index (χ4n) is 3.44. The quantitative estimate of drug-likeness (QED) is 0.148. The Morgan fingerprint density at radius 3 is 2.22 bits per heavy atom. The van der Waals surface area contributed by atoms with E-state index < -0.39 is 84.0 Å². The molecule has 1 amide bonds. The lowest BCUT2D eigenvalue weighted by Crippen LogP contribution is -2.67. The number of ether oxygens (including phenoxy) is 4. The van der Waals surface area contributed by atoms with Crippen molar-refractivity contribution in [3.63, 3.8) is 0 Å². The topological polar surface area (TPSA) is 189 Å². The lowest BCUT2D eigenvalue weighted by Gasteiger charge is -2.47. The molecule has 0 aromatic heterocycles. The Morgan fingerprint density at radius 1 is 1.03 bits per heavy atom. The molecular formula is C17H31NO13S. The van der Waals surface area contributed by atoms with Crippen LogP contribution in [-0.4, -0.2) is 112 Å². The molecule has 10 unspecified atom stereocenters. The Morgan fingerprint density at radius 2 is 1.69 bits per heavy atom. The summed E-state index contributed by atoms with van der Waals surface area (Å²) in [6.45, 7) is 2.20. The Balaban J connectivity index is 2.29. The predicted octanol–water partition coefficient (Wildman–Crippen LogP) is -2.80. The molecule has 10 atom stereocenters. The largest absolute Gasteiger partial charge is 0.390 e. The maximum atomic E-state index is 11.7. The van der Waals surface area contributed by atoms with Gasteiger partial charge < -0.3 is 39.6 Å². The summed E-state index contributed by atoms with van der Waals surface area (Å²) < 4.78 is 49.5. The van der Waals surface area contributed by atoms with Crippen LogP contribution < -0.4 is 5.32 Å². The van der Waals surface area contributed by atoms with Crippen LogP contribution in [0.25, 0.3) is 0 Å². The number of carbonyl (C=O) groups excluding carboxylic acids is 1. The van der Waals surface area contributed by atoms with Crippen LogP contribution >= 0.6 is 0 Å². The molecule has 2 aliphatic heterocycles. The number of aliphatic hydroxyl groups is 3. The van der Waals surface area contributed by atoms with Crippen LogP contribution in [0.5, 0.6) is 0 Å². The summed E-state index contributed by atoms with van der Waals surface area (Å²) in [6, 6.07) is -1.10. The van der Waals surface area contributed by atoms with Crippen molar-refractivity contribution in [2.45, 2.75) is 69.3 Å². The van der Waals surface area contributed by atoms with Crippen molar-refractivity contribution in [3.05, 3.63) is 0 Å². The maximum absolute atomic E-state index is 11.7. The second-order valence-corrected chi connectivity index (χ2v) is 9.20. The zero-order chi connectivity index (χ0) is 24.2. The minimum absolute atomic E-state index is 0.508. The SMILES string of the molecule is COOC1OC(OC2C(O)C(COS(C)(=O)=O)OC(OC)C2NC(C)=O)C(O)C(O)C1C. The van der Waals surface area contributed by atoms with Crippen LogP contribution in [0.2, 0.25) is 0 Å². The average molecular weight is 489 g/mol. The molecule has 2 heterocycles.